The maximum atomic E-state index is 10.6. The smallest absolute Gasteiger partial charge is 0.127 e. The van der Waals surface area contributed by atoms with Gasteiger partial charge >= 0.3 is 0 Å². The third-order valence-corrected chi connectivity index (χ3v) is 5.47. The molecule has 4 N–H and O–H groups in total. The Morgan fingerprint density at radius 1 is 0.300 bits per heavy atom. The number of hydrogen-bond donors (Lipinski definition) is 4. The van der Waals surface area contributed by atoms with Gasteiger partial charge in [-0.25, -0.2) is 0 Å². The lowest BCUT2D eigenvalue weighted by molar-refractivity contribution is 0.453. The molecular formula is C26H18O4. The number of benzene rings is 5. The summed E-state index contributed by atoms with van der Waals surface area (Å²) in [6, 6.07) is 24.5. The summed E-state index contributed by atoms with van der Waals surface area (Å²) in [6.45, 7) is 0. The minimum atomic E-state index is -0.0246. The van der Waals surface area contributed by atoms with E-state index in [9.17, 15) is 20.4 Å². The Bertz CT molecular complexity index is 1230. The van der Waals surface area contributed by atoms with Crippen molar-refractivity contribution in [1.29, 1.82) is 0 Å². The van der Waals surface area contributed by atoms with Crippen LogP contribution in [0, 0.1) is 0 Å². The maximum absolute atomic E-state index is 10.6. The van der Waals surface area contributed by atoms with Crippen molar-refractivity contribution in [3.05, 3.63) is 84.9 Å². The second-order valence-electron chi connectivity index (χ2n) is 7.18. The fourth-order valence-corrected chi connectivity index (χ4v) is 4.24. The van der Waals surface area contributed by atoms with Gasteiger partial charge in [0.15, 0.2) is 0 Å². The first-order valence-electron chi connectivity index (χ1n) is 9.54. The molecule has 0 aliphatic carbocycles. The highest BCUT2D eigenvalue weighted by Gasteiger charge is 2.22. The van der Waals surface area contributed by atoms with Gasteiger partial charge in [-0.3, -0.25) is 0 Å². The molecule has 5 aromatic rings. The van der Waals surface area contributed by atoms with Crippen LogP contribution in [-0.2, 0) is 0 Å². The third-order valence-electron chi connectivity index (χ3n) is 5.47. The van der Waals surface area contributed by atoms with Crippen LogP contribution in [-0.4, -0.2) is 20.4 Å². The quantitative estimate of drug-likeness (QED) is 0.271. The normalized spacial score (nSPS) is 11.2. The van der Waals surface area contributed by atoms with E-state index >= 15 is 0 Å². The van der Waals surface area contributed by atoms with Crippen LogP contribution in [0.3, 0.4) is 0 Å². The lowest BCUT2D eigenvalue weighted by Gasteiger charge is -2.19. The average molecular weight is 394 g/mol. The van der Waals surface area contributed by atoms with Crippen LogP contribution in [0.5, 0.6) is 23.0 Å². The number of hydrogen-bond acceptors (Lipinski definition) is 4. The van der Waals surface area contributed by atoms with Crippen LogP contribution in [0.2, 0.25) is 0 Å². The first-order chi connectivity index (χ1) is 14.6. The van der Waals surface area contributed by atoms with E-state index in [1.54, 1.807) is 36.4 Å². The zero-order valence-corrected chi connectivity index (χ0v) is 15.9. The Morgan fingerprint density at radius 2 is 0.567 bits per heavy atom. The van der Waals surface area contributed by atoms with E-state index in [2.05, 4.69) is 0 Å². The average Bonchev–Trinajstić information content (AvgIpc) is 2.74. The van der Waals surface area contributed by atoms with Crippen LogP contribution >= 0.6 is 0 Å². The Labute approximate surface area is 172 Å². The van der Waals surface area contributed by atoms with Gasteiger partial charge in [0.25, 0.3) is 0 Å². The summed E-state index contributed by atoms with van der Waals surface area (Å²) in [7, 11) is 0. The van der Waals surface area contributed by atoms with Crippen molar-refractivity contribution < 1.29 is 20.4 Å². The lowest BCUT2D eigenvalue weighted by Crippen LogP contribution is -1.92. The summed E-state index contributed by atoms with van der Waals surface area (Å²) in [5, 5.41) is 45.5. The van der Waals surface area contributed by atoms with Gasteiger partial charge in [-0.15, -0.1) is 0 Å². The standard InChI is InChI=1S/C26H18O4/c27-19-11-5-12-20(28)25(19)23-15-7-1-2-8-16(15)24(18-10-4-3-9-17(18)23)26-21(29)13-6-14-22(26)30/h1-14,27-30H. The summed E-state index contributed by atoms with van der Waals surface area (Å²) < 4.78 is 0. The molecule has 0 fully saturated rings. The molecule has 30 heavy (non-hydrogen) atoms. The van der Waals surface area contributed by atoms with Gasteiger partial charge in [-0.2, -0.15) is 0 Å². The second-order valence-corrected chi connectivity index (χ2v) is 7.18. The number of fused-ring (bicyclic) bond motifs is 2. The van der Waals surface area contributed by atoms with Crippen molar-refractivity contribution in [2.24, 2.45) is 0 Å². The zero-order valence-electron chi connectivity index (χ0n) is 15.9. The van der Waals surface area contributed by atoms with Crippen LogP contribution in [0.25, 0.3) is 43.8 Å². The second kappa shape index (κ2) is 6.71. The first-order valence-corrected chi connectivity index (χ1v) is 9.54. The van der Waals surface area contributed by atoms with Gasteiger partial charge in [-0.05, 0) is 45.8 Å². The Balaban J connectivity index is 2.07. The summed E-state index contributed by atoms with van der Waals surface area (Å²) in [4.78, 5) is 0. The highest BCUT2D eigenvalue weighted by molar-refractivity contribution is 6.23. The van der Waals surface area contributed by atoms with E-state index in [-0.39, 0.29) is 23.0 Å². The van der Waals surface area contributed by atoms with Crippen molar-refractivity contribution in [3.8, 4) is 45.3 Å². The minimum Gasteiger partial charge on any atom is -0.507 e. The molecule has 4 heteroatoms. The number of aromatic hydroxyl groups is 4. The molecule has 5 aromatic carbocycles. The van der Waals surface area contributed by atoms with E-state index in [0.717, 1.165) is 21.5 Å². The number of rotatable bonds is 2. The van der Waals surface area contributed by atoms with E-state index in [4.69, 9.17) is 0 Å². The molecule has 4 nitrogen and oxygen atoms in total. The van der Waals surface area contributed by atoms with E-state index in [1.165, 1.54) is 0 Å². The van der Waals surface area contributed by atoms with Crippen molar-refractivity contribution >= 4 is 21.5 Å². The van der Waals surface area contributed by atoms with Crippen LogP contribution < -0.4 is 0 Å². The van der Waals surface area contributed by atoms with Crippen molar-refractivity contribution in [2.75, 3.05) is 0 Å². The van der Waals surface area contributed by atoms with E-state index in [0.29, 0.717) is 22.3 Å². The van der Waals surface area contributed by atoms with Crippen molar-refractivity contribution in [2.45, 2.75) is 0 Å². The Hall–Kier alpha value is -4.18. The number of phenolic OH excluding ortho intramolecular Hbond substituents is 4. The fraction of sp³-hybridized carbons (Fsp3) is 0. The first kappa shape index (κ1) is 17.9. The maximum Gasteiger partial charge on any atom is 0.127 e. The van der Waals surface area contributed by atoms with Gasteiger partial charge in [0.2, 0.25) is 0 Å². The molecule has 0 heterocycles. The molecule has 0 saturated heterocycles. The fourth-order valence-electron chi connectivity index (χ4n) is 4.24. The molecule has 0 amide bonds. The molecule has 0 aliphatic rings. The molecule has 0 bridgehead atoms. The van der Waals surface area contributed by atoms with Crippen molar-refractivity contribution in [1.82, 2.24) is 0 Å². The van der Waals surface area contributed by atoms with Gasteiger partial charge in [0.1, 0.15) is 23.0 Å². The summed E-state index contributed by atoms with van der Waals surface area (Å²) in [6.07, 6.45) is 0. The molecule has 0 aliphatic heterocycles. The highest BCUT2D eigenvalue weighted by atomic mass is 16.3. The molecule has 0 saturated carbocycles. The topological polar surface area (TPSA) is 80.9 Å². The third kappa shape index (κ3) is 2.54. The molecule has 0 spiro atoms. The molecule has 146 valence electrons. The summed E-state index contributed by atoms with van der Waals surface area (Å²) in [5.41, 5.74) is 2.07. The molecule has 0 radical (unpaired) electrons. The Kier molecular flexibility index (Phi) is 4.00. The zero-order chi connectivity index (χ0) is 20.8. The van der Waals surface area contributed by atoms with E-state index < -0.39 is 0 Å². The lowest BCUT2D eigenvalue weighted by atomic mass is 9.85. The predicted octanol–water partition coefficient (Wildman–Crippen LogP) is 6.15. The number of phenols is 4. The summed E-state index contributed by atoms with van der Waals surface area (Å²) in [5.74, 6) is -0.0983. The van der Waals surface area contributed by atoms with E-state index in [1.807, 2.05) is 48.5 Å². The monoisotopic (exact) mass is 394 g/mol. The molecule has 0 unspecified atom stereocenters. The van der Waals surface area contributed by atoms with Crippen LogP contribution in [0.15, 0.2) is 84.9 Å². The predicted molar refractivity (Wildman–Crippen MR) is 119 cm³/mol. The van der Waals surface area contributed by atoms with Crippen molar-refractivity contribution in [3.63, 3.8) is 0 Å². The van der Waals surface area contributed by atoms with Gasteiger partial charge < -0.3 is 20.4 Å². The molecular weight excluding hydrogens is 376 g/mol. The largest absolute Gasteiger partial charge is 0.507 e. The van der Waals surface area contributed by atoms with Crippen LogP contribution in [0.1, 0.15) is 0 Å². The SMILES string of the molecule is Oc1cccc(O)c1-c1c2ccccc2c(-c2c(O)cccc2O)c2ccccc12. The Morgan fingerprint density at radius 3 is 0.833 bits per heavy atom. The van der Waals surface area contributed by atoms with Gasteiger partial charge in [-0.1, -0.05) is 60.7 Å². The molecule has 0 aromatic heterocycles. The minimum absolute atomic E-state index is 0.0246. The molecule has 5 rings (SSSR count). The summed E-state index contributed by atoms with van der Waals surface area (Å²) >= 11 is 0. The van der Waals surface area contributed by atoms with Gasteiger partial charge in [0.05, 0.1) is 11.1 Å². The van der Waals surface area contributed by atoms with Crippen LogP contribution in [0.4, 0.5) is 0 Å². The highest BCUT2D eigenvalue weighted by Crippen LogP contribution is 2.50. The molecule has 0 atom stereocenters. The van der Waals surface area contributed by atoms with Gasteiger partial charge in [0, 0.05) is 11.1 Å².